The molecule has 0 bridgehead atoms. The van der Waals surface area contributed by atoms with E-state index in [0.29, 0.717) is 72.7 Å². The fourth-order valence-corrected chi connectivity index (χ4v) is 3.83. The highest BCUT2D eigenvalue weighted by atomic mass is 16.6. The quantitative estimate of drug-likeness (QED) is 0.422. The lowest BCUT2D eigenvalue weighted by Gasteiger charge is -2.21. The minimum absolute atomic E-state index is 0.0225. The summed E-state index contributed by atoms with van der Waals surface area (Å²) in [5, 5.41) is 0. The Kier molecular flexibility index (Phi) is 18.6. The predicted octanol–water partition coefficient (Wildman–Crippen LogP) is 5.44. The van der Waals surface area contributed by atoms with E-state index < -0.39 is 0 Å². The summed E-state index contributed by atoms with van der Waals surface area (Å²) in [4.78, 5) is 0. The first-order valence-corrected chi connectivity index (χ1v) is 13.7. The van der Waals surface area contributed by atoms with Gasteiger partial charge < -0.3 is 33.2 Å². The van der Waals surface area contributed by atoms with Crippen LogP contribution in [0, 0.1) is 0 Å². The summed E-state index contributed by atoms with van der Waals surface area (Å²) >= 11 is 0. The summed E-state index contributed by atoms with van der Waals surface area (Å²) in [7, 11) is 0. The molecule has 0 amide bonds. The summed E-state index contributed by atoms with van der Waals surface area (Å²) in [6.45, 7) is 8.11. The third-order valence-electron chi connectivity index (χ3n) is 5.80. The highest BCUT2D eigenvalue weighted by Crippen LogP contribution is 2.28. The van der Waals surface area contributed by atoms with Gasteiger partial charge in [0.05, 0.1) is 66.1 Å². The van der Waals surface area contributed by atoms with Crippen molar-refractivity contribution in [3.05, 3.63) is 24.3 Å². The highest BCUT2D eigenvalue weighted by molar-refractivity contribution is 5.39. The minimum atomic E-state index is -0.0225. The van der Waals surface area contributed by atoms with E-state index in [4.69, 9.17) is 33.2 Å². The van der Waals surface area contributed by atoms with E-state index in [0.717, 1.165) is 24.3 Å². The number of hydrogen-bond acceptors (Lipinski definition) is 7. The maximum absolute atomic E-state index is 6.38. The van der Waals surface area contributed by atoms with E-state index in [9.17, 15) is 0 Å². The number of hydrogen-bond donors (Lipinski definition) is 0. The van der Waals surface area contributed by atoms with Gasteiger partial charge in [-0.1, -0.05) is 64.0 Å². The van der Waals surface area contributed by atoms with Gasteiger partial charge >= 0.3 is 0 Å². The van der Waals surface area contributed by atoms with Gasteiger partial charge in [-0.15, -0.1) is 0 Å². The molecule has 0 saturated carbocycles. The number of ether oxygens (including phenoxy) is 7. The molecule has 1 aromatic rings. The second kappa shape index (κ2) is 21.9. The van der Waals surface area contributed by atoms with Crippen LogP contribution in [0.15, 0.2) is 24.3 Å². The Hall–Kier alpha value is -1.38. The zero-order valence-corrected chi connectivity index (χ0v) is 21.9. The van der Waals surface area contributed by atoms with Crippen LogP contribution in [-0.2, 0) is 23.7 Å². The van der Waals surface area contributed by atoms with Crippen LogP contribution in [0.3, 0.4) is 0 Å². The van der Waals surface area contributed by atoms with Gasteiger partial charge in [-0.05, 0) is 25.0 Å². The molecular formula is C28H48O7. The van der Waals surface area contributed by atoms with Gasteiger partial charge in [0.2, 0.25) is 0 Å². The lowest BCUT2D eigenvalue weighted by atomic mass is 10.1. The maximum Gasteiger partial charge on any atom is 0.161 e. The summed E-state index contributed by atoms with van der Waals surface area (Å²) < 4.78 is 40.5. The molecule has 7 heteroatoms. The molecule has 0 aliphatic carbocycles. The molecule has 0 saturated heterocycles. The van der Waals surface area contributed by atoms with Crippen LogP contribution in [-0.4, -0.2) is 78.8 Å². The predicted molar refractivity (Wildman–Crippen MR) is 138 cm³/mol. The fraction of sp³-hybridized carbons (Fsp3) is 0.786. The summed E-state index contributed by atoms with van der Waals surface area (Å²) in [6, 6.07) is 7.84. The van der Waals surface area contributed by atoms with E-state index >= 15 is 0 Å². The summed E-state index contributed by atoms with van der Waals surface area (Å²) in [6.07, 6.45) is 11.3. The van der Waals surface area contributed by atoms with Gasteiger partial charge in [0.15, 0.2) is 11.5 Å². The number of benzene rings is 1. The molecule has 202 valence electrons. The van der Waals surface area contributed by atoms with Crippen LogP contribution >= 0.6 is 0 Å². The third kappa shape index (κ3) is 16.1. The van der Waals surface area contributed by atoms with Crippen molar-refractivity contribution in [3.63, 3.8) is 0 Å². The SMILES string of the molecule is CCCCCCCCCCC1COCCOCCOCCOCCOCCOc2ccccc2O1. The first-order chi connectivity index (χ1) is 17.4. The Labute approximate surface area is 212 Å². The second-order valence-corrected chi connectivity index (χ2v) is 8.82. The normalized spacial score (nSPS) is 20.1. The average molecular weight is 497 g/mol. The molecule has 0 fully saturated rings. The third-order valence-corrected chi connectivity index (χ3v) is 5.80. The topological polar surface area (TPSA) is 64.6 Å². The summed E-state index contributed by atoms with van der Waals surface area (Å²) in [5.41, 5.74) is 0. The van der Waals surface area contributed by atoms with Crippen molar-refractivity contribution in [2.24, 2.45) is 0 Å². The Morgan fingerprint density at radius 3 is 1.66 bits per heavy atom. The Balaban J connectivity index is 1.83. The number of rotatable bonds is 9. The molecule has 7 nitrogen and oxygen atoms in total. The van der Waals surface area contributed by atoms with Crippen LogP contribution in [0.2, 0.25) is 0 Å². The molecule has 1 unspecified atom stereocenters. The monoisotopic (exact) mass is 496 g/mol. The molecule has 1 aliphatic rings. The van der Waals surface area contributed by atoms with Crippen molar-refractivity contribution in [2.45, 2.75) is 70.8 Å². The second-order valence-electron chi connectivity index (χ2n) is 8.82. The zero-order valence-electron chi connectivity index (χ0n) is 21.9. The van der Waals surface area contributed by atoms with Gasteiger partial charge in [0.25, 0.3) is 0 Å². The molecule has 0 radical (unpaired) electrons. The Morgan fingerprint density at radius 1 is 0.571 bits per heavy atom. The van der Waals surface area contributed by atoms with Crippen molar-refractivity contribution in [3.8, 4) is 11.5 Å². The van der Waals surface area contributed by atoms with Gasteiger partial charge in [0, 0.05) is 0 Å². The smallest absolute Gasteiger partial charge is 0.161 e. The first-order valence-electron chi connectivity index (χ1n) is 13.7. The molecule has 1 atom stereocenters. The Morgan fingerprint density at radius 2 is 1.06 bits per heavy atom. The molecule has 1 heterocycles. The molecule has 1 aromatic carbocycles. The molecule has 2 rings (SSSR count). The summed E-state index contributed by atoms with van der Waals surface area (Å²) in [5.74, 6) is 1.49. The van der Waals surface area contributed by atoms with Gasteiger partial charge in [-0.2, -0.15) is 0 Å². The lowest BCUT2D eigenvalue weighted by molar-refractivity contribution is -0.0189. The molecule has 35 heavy (non-hydrogen) atoms. The van der Waals surface area contributed by atoms with Crippen molar-refractivity contribution in [1.82, 2.24) is 0 Å². The molecular weight excluding hydrogens is 448 g/mol. The average Bonchev–Trinajstić information content (AvgIpc) is 2.87. The number of para-hydroxylation sites is 2. The van der Waals surface area contributed by atoms with E-state index in [1.54, 1.807) is 0 Å². The first kappa shape index (κ1) is 29.8. The van der Waals surface area contributed by atoms with Crippen LogP contribution in [0.1, 0.15) is 64.7 Å². The van der Waals surface area contributed by atoms with Crippen molar-refractivity contribution in [1.29, 1.82) is 0 Å². The fourth-order valence-electron chi connectivity index (χ4n) is 3.83. The maximum atomic E-state index is 6.38. The lowest BCUT2D eigenvalue weighted by Crippen LogP contribution is -2.25. The standard InChI is InChI=1S/C28H48O7/c1-2-3-4-5-6-7-8-9-12-26-25-33-22-21-31-18-17-29-15-16-30-19-20-32-23-24-34-27-13-10-11-14-28(27)35-26/h10-11,13-14,26H,2-9,12,15-25H2,1H3. The van der Waals surface area contributed by atoms with Crippen LogP contribution < -0.4 is 9.47 Å². The minimum Gasteiger partial charge on any atom is -0.487 e. The van der Waals surface area contributed by atoms with E-state index in [1.165, 1.54) is 44.9 Å². The van der Waals surface area contributed by atoms with E-state index in [1.807, 2.05) is 24.3 Å². The van der Waals surface area contributed by atoms with Crippen molar-refractivity contribution >= 4 is 0 Å². The molecule has 0 spiro atoms. The largest absolute Gasteiger partial charge is 0.487 e. The van der Waals surface area contributed by atoms with E-state index in [-0.39, 0.29) is 6.10 Å². The molecule has 0 aromatic heterocycles. The van der Waals surface area contributed by atoms with Crippen molar-refractivity contribution in [2.75, 3.05) is 72.7 Å². The van der Waals surface area contributed by atoms with Gasteiger partial charge in [-0.25, -0.2) is 0 Å². The zero-order chi connectivity index (χ0) is 24.7. The Bertz CT molecular complexity index is 598. The van der Waals surface area contributed by atoms with Gasteiger partial charge in [-0.3, -0.25) is 0 Å². The van der Waals surface area contributed by atoms with Gasteiger partial charge in [0.1, 0.15) is 12.7 Å². The number of unbranched alkanes of at least 4 members (excludes halogenated alkanes) is 7. The van der Waals surface area contributed by atoms with E-state index in [2.05, 4.69) is 6.92 Å². The van der Waals surface area contributed by atoms with Crippen LogP contribution in [0.25, 0.3) is 0 Å². The highest BCUT2D eigenvalue weighted by Gasteiger charge is 2.14. The molecule has 1 aliphatic heterocycles. The van der Waals surface area contributed by atoms with Crippen LogP contribution in [0.5, 0.6) is 11.5 Å². The number of fused-ring (bicyclic) bond motifs is 1. The molecule has 0 N–H and O–H groups in total. The van der Waals surface area contributed by atoms with Crippen molar-refractivity contribution < 1.29 is 33.2 Å². The van der Waals surface area contributed by atoms with Crippen LogP contribution in [0.4, 0.5) is 0 Å².